The van der Waals surface area contributed by atoms with Gasteiger partial charge in [-0.25, -0.2) is 0 Å². The molecule has 0 N–H and O–H groups in total. The molecule has 0 aromatic heterocycles. The number of carbonyl (C=O) groups is 1. The van der Waals surface area contributed by atoms with E-state index in [9.17, 15) is 4.79 Å². The van der Waals surface area contributed by atoms with Crippen LogP contribution in [0.4, 0.5) is 0 Å². The highest BCUT2D eigenvalue weighted by atomic mass is 32.2. The summed E-state index contributed by atoms with van der Waals surface area (Å²) in [5, 5.41) is 0.876. The number of carbonyl (C=O) groups excluding carboxylic acids is 1. The van der Waals surface area contributed by atoms with Gasteiger partial charge in [0.25, 0.3) is 0 Å². The Morgan fingerprint density at radius 3 is 2.62 bits per heavy atom. The van der Waals surface area contributed by atoms with Crippen LogP contribution < -0.4 is 9.47 Å². The van der Waals surface area contributed by atoms with Gasteiger partial charge in [-0.05, 0) is 30.0 Å². The minimum Gasteiger partial charge on any atom is -0.493 e. The van der Waals surface area contributed by atoms with E-state index < -0.39 is 0 Å². The van der Waals surface area contributed by atoms with Crippen molar-refractivity contribution in [2.24, 2.45) is 10.9 Å². The van der Waals surface area contributed by atoms with Gasteiger partial charge in [-0.15, -0.1) is 0 Å². The second kappa shape index (κ2) is 8.97. The molecule has 1 aromatic rings. The zero-order chi connectivity index (χ0) is 17.5. The van der Waals surface area contributed by atoms with Crippen molar-refractivity contribution in [2.75, 3.05) is 33.1 Å². The van der Waals surface area contributed by atoms with Crippen LogP contribution in [0.15, 0.2) is 23.2 Å². The third kappa shape index (κ3) is 4.90. The van der Waals surface area contributed by atoms with Gasteiger partial charge in [-0.3, -0.25) is 14.7 Å². The highest BCUT2D eigenvalue weighted by molar-refractivity contribution is 8.14. The van der Waals surface area contributed by atoms with Crippen molar-refractivity contribution in [1.82, 2.24) is 4.90 Å². The van der Waals surface area contributed by atoms with Crippen molar-refractivity contribution in [3.63, 3.8) is 0 Å². The van der Waals surface area contributed by atoms with E-state index in [-0.39, 0.29) is 5.91 Å². The number of methoxy groups -OCH3 is 2. The van der Waals surface area contributed by atoms with Gasteiger partial charge in [-0.2, -0.15) is 0 Å². The van der Waals surface area contributed by atoms with Crippen molar-refractivity contribution < 1.29 is 14.3 Å². The topological polar surface area (TPSA) is 51.1 Å². The van der Waals surface area contributed by atoms with E-state index in [0.717, 1.165) is 29.6 Å². The number of rotatable bonds is 7. The second-order valence-electron chi connectivity index (χ2n) is 6.10. The lowest BCUT2D eigenvalue weighted by Gasteiger charge is -2.24. The highest BCUT2D eigenvalue weighted by Crippen LogP contribution is 2.28. The summed E-state index contributed by atoms with van der Waals surface area (Å²) in [5.74, 6) is 2.90. The molecule has 1 aliphatic heterocycles. The zero-order valence-corrected chi connectivity index (χ0v) is 15.7. The number of amides is 1. The van der Waals surface area contributed by atoms with E-state index in [4.69, 9.17) is 9.47 Å². The quantitative estimate of drug-likeness (QED) is 0.758. The Kier molecular flexibility index (Phi) is 6.97. The fourth-order valence-corrected chi connectivity index (χ4v) is 3.44. The van der Waals surface area contributed by atoms with Crippen molar-refractivity contribution in [3.8, 4) is 11.5 Å². The van der Waals surface area contributed by atoms with Crippen molar-refractivity contribution in [2.45, 2.75) is 26.7 Å². The molecule has 0 bridgehead atoms. The Balaban J connectivity index is 2.02. The number of thioether (sulfide) groups is 1. The largest absolute Gasteiger partial charge is 0.493 e. The first-order valence-electron chi connectivity index (χ1n) is 8.23. The summed E-state index contributed by atoms with van der Waals surface area (Å²) >= 11 is 1.67. The van der Waals surface area contributed by atoms with E-state index >= 15 is 0 Å². The molecular formula is C18H26N2O3S. The first-order valence-corrected chi connectivity index (χ1v) is 9.22. The molecule has 0 atom stereocenters. The van der Waals surface area contributed by atoms with E-state index in [2.05, 4.69) is 18.8 Å². The molecule has 1 heterocycles. The van der Waals surface area contributed by atoms with Crippen LogP contribution in [0.5, 0.6) is 11.5 Å². The molecule has 0 aliphatic carbocycles. The minimum absolute atomic E-state index is 0.131. The van der Waals surface area contributed by atoms with Gasteiger partial charge in [0.2, 0.25) is 5.91 Å². The number of amidine groups is 1. The van der Waals surface area contributed by atoms with Crippen LogP contribution in [0.2, 0.25) is 0 Å². The normalized spacial score (nSPS) is 13.8. The van der Waals surface area contributed by atoms with E-state index in [1.807, 2.05) is 23.1 Å². The maximum Gasteiger partial charge on any atom is 0.228 e. The number of benzene rings is 1. The first-order chi connectivity index (χ1) is 11.5. The predicted octanol–water partition coefficient (Wildman–Crippen LogP) is 3.22. The van der Waals surface area contributed by atoms with Crippen molar-refractivity contribution >= 4 is 22.8 Å². The van der Waals surface area contributed by atoms with Crippen LogP contribution in [-0.4, -0.2) is 49.0 Å². The molecule has 0 saturated heterocycles. The Hall–Kier alpha value is -1.69. The number of aryl methyl sites for hydroxylation is 1. The summed E-state index contributed by atoms with van der Waals surface area (Å²) in [6.45, 7) is 5.76. The summed E-state index contributed by atoms with van der Waals surface area (Å²) in [4.78, 5) is 19.0. The SMILES string of the molecule is COc1ccc(CCC(=O)N(CC(C)C)C2=NCCS2)cc1OC. The van der Waals surface area contributed by atoms with Crippen LogP contribution in [0.25, 0.3) is 0 Å². The third-order valence-corrected chi connectivity index (χ3v) is 4.72. The molecule has 6 heteroatoms. The summed E-state index contributed by atoms with van der Waals surface area (Å²) < 4.78 is 10.6. The highest BCUT2D eigenvalue weighted by Gasteiger charge is 2.23. The Morgan fingerprint density at radius 2 is 2.04 bits per heavy atom. The molecule has 0 fully saturated rings. The summed E-state index contributed by atoms with van der Waals surface area (Å²) in [6, 6.07) is 5.78. The summed E-state index contributed by atoms with van der Waals surface area (Å²) in [7, 11) is 3.23. The van der Waals surface area contributed by atoms with Gasteiger partial charge in [0.15, 0.2) is 16.7 Å². The maximum atomic E-state index is 12.7. The van der Waals surface area contributed by atoms with E-state index in [1.54, 1.807) is 26.0 Å². The molecule has 0 saturated carbocycles. The number of hydrogen-bond donors (Lipinski definition) is 0. The molecule has 0 radical (unpaired) electrons. The van der Waals surface area contributed by atoms with Crippen molar-refractivity contribution in [3.05, 3.63) is 23.8 Å². The minimum atomic E-state index is 0.131. The van der Waals surface area contributed by atoms with Crippen molar-refractivity contribution in [1.29, 1.82) is 0 Å². The average molecular weight is 350 g/mol. The van der Waals surface area contributed by atoms with Gasteiger partial charge in [0.05, 0.1) is 20.8 Å². The van der Waals surface area contributed by atoms with Crippen LogP contribution in [-0.2, 0) is 11.2 Å². The number of ether oxygens (including phenoxy) is 2. The molecule has 5 nitrogen and oxygen atoms in total. The van der Waals surface area contributed by atoms with Crippen LogP contribution in [0, 0.1) is 5.92 Å². The third-order valence-electron chi connectivity index (χ3n) is 3.72. The first kappa shape index (κ1) is 18.6. The van der Waals surface area contributed by atoms with Gasteiger partial charge in [0.1, 0.15) is 0 Å². The predicted molar refractivity (Wildman–Crippen MR) is 99.2 cm³/mol. The Labute approximate surface area is 148 Å². The molecule has 24 heavy (non-hydrogen) atoms. The lowest BCUT2D eigenvalue weighted by Crippen LogP contribution is -2.37. The fourth-order valence-electron chi connectivity index (χ4n) is 2.56. The lowest BCUT2D eigenvalue weighted by molar-refractivity contribution is -0.127. The second-order valence-corrected chi connectivity index (χ2v) is 7.16. The van der Waals surface area contributed by atoms with Crippen LogP contribution in [0.3, 0.4) is 0 Å². The Bertz CT molecular complexity index is 602. The average Bonchev–Trinajstić information content (AvgIpc) is 3.11. The number of nitrogens with zero attached hydrogens (tertiary/aromatic N) is 2. The fraction of sp³-hybridized carbons (Fsp3) is 0.556. The van der Waals surface area contributed by atoms with Gasteiger partial charge < -0.3 is 9.47 Å². The van der Waals surface area contributed by atoms with Gasteiger partial charge >= 0.3 is 0 Å². The van der Waals surface area contributed by atoms with Crippen LogP contribution in [0.1, 0.15) is 25.8 Å². The number of hydrogen-bond acceptors (Lipinski definition) is 5. The molecule has 1 aliphatic rings. The van der Waals surface area contributed by atoms with Gasteiger partial charge in [-0.1, -0.05) is 31.7 Å². The molecule has 1 aromatic carbocycles. The Morgan fingerprint density at radius 1 is 1.29 bits per heavy atom. The van der Waals surface area contributed by atoms with E-state index in [1.165, 1.54) is 0 Å². The maximum absolute atomic E-state index is 12.7. The zero-order valence-electron chi connectivity index (χ0n) is 14.9. The summed E-state index contributed by atoms with van der Waals surface area (Å²) in [6.07, 6.45) is 1.13. The molecule has 132 valence electrons. The number of aliphatic imine (C=N–C) groups is 1. The molecule has 2 rings (SSSR count). The molecular weight excluding hydrogens is 324 g/mol. The molecule has 0 spiro atoms. The van der Waals surface area contributed by atoms with Gasteiger partial charge in [0, 0.05) is 18.7 Å². The molecule has 1 amide bonds. The lowest BCUT2D eigenvalue weighted by atomic mass is 10.1. The standard InChI is InChI=1S/C18H26N2O3S/c1-13(2)12-20(18-19-9-10-24-18)17(21)8-6-14-5-7-15(22-3)16(11-14)23-4/h5,7,11,13H,6,8-10,12H2,1-4H3. The smallest absolute Gasteiger partial charge is 0.228 e. The van der Waals surface area contributed by atoms with E-state index in [0.29, 0.717) is 30.3 Å². The van der Waals surface area contributed by atoms with Crippen LogP contribution >= 0.6 is 11.8 Å². The molecule has 0 unspecified atom stereocenters. The monoisotopic (exact) mass is 350 g/mol. The summed E-state index contributed by atoms with van der Waals surface area (Å²) in [5.41, 5.74) is 1.06.